The zero-order chi connectivity index (χ0) is 15.4. The number of rotatable bonds is 3. The molecular weight excluding hydrogens is 268 g/mol. The van der Waals surface area contributed by atoms with Crippen molar-refractivity contribution in [1.82, 2.24) is 0 Å². The normalized spacial score (nSPS) is 10.0. The maximum atomic E-state index is 12.0. The molecule has 0 fully saturated rings. The molecule has 0 atom stereocenters. The summed E-state index contributed by atoms with van der Waals surface area (Å²) in [5, 5.41) is 14.3. The van der Waals surface area contributed by atoms with Gasteiger partial charge in [0.25, 0.3) is 0 Å². The first-order valence-corrected chi connectivity index (χ1v) is 6.44. The summed E-state index contributed by atoms with van der Waals surface area (Å²) in [6, 6.07) is 11.5. The van der Waals surface area contributed by atoms with E-state index in [0.29, 0.717) is 5.69 Å². The predicted octanol–water partition coefficient (Wildman–Crippen LogP) is 3.65. The number of amides is 2. The zero-order valence-corrected chi connectivity index (χ0v) is 11.8. The molecule has 0 aromatic heterocycles. The van der Waals surface area contributed by atoms with E-state index < -0.39 is 12.0 Å². The third kappa shape index (κ3) is 3.82. The van der Waals surface area contributed by atoms with Gasteiger partial charge in [-0.05, 0) is 49.2 Å². The van der Waals surface area contributed by atoms with Crippen LogP contribution in [0.3, 0.4) is 0 Å². The number of aromatic carboxylic acids is 1. The second-order valence-electron chi connectivity index (χ2n) is 4.78. The fraction of sp³-hybridized carbons (Fsp3) is 0.125. The average Bonchev–Trinajstić information content (AvgIpc) is 2.43. The van der Waals surface area contributed by atoms with Crippen molar-refractivity contribution in [2.75, 3.05) is 10.6 Å². The standard InChI is InChI=1S/C16H16N2O3/c1-10-6-7-11(2)14(8-10)18-16(21)17-13-5-3-4-12(9-13)15(19)20/h3-9H,1-2H3,(H,19,20)(H2,17,18,21). The Bertz CT molecular complexity index is 696. The van der Waals surface area contributed by atoms with Crippen LogP contribution < -0.4 is 10.6 Å². The highest BCUT2D eigenvalue weighted by Crippen LogP contribution is 2.17. The van der Waals surface area contributed by atoms with E-state index >= 15 is 0 Å². The van der Waals surface area contributed by atoms with Gasteiger partial charge in [-0.25, -0.2) is 9.59 Å². The van der Waals surface area contributed by atoms with Crippen molar-refractivity contribution in [3.8, 4) is 0 Å². The van der Waals surface area contributed by atoms with E-state index in [2.05, 4.69) is 10.6 Å². The number of carboxylic acid groups (broad SMARTS) is 1. The summed E-state index contributed by atoms with van der Waals surface area (Å²) in [6.07, 6.45) is 0. The monoisotopic (exact) mass is 284 g/mol. The van der Waals surface area contributed by atoms with Gasteiger partial charge in [-0.15, -0.1) is 0 Å². The molecule has 0 saturated heterocycles. The Hall–Kier alpha value is -2.82. The van der Waals surface area contributed by atoms with Crippen LogP contribution in [0.15, 0.2) is 42.5 Å². The molecule has 0 aliphatic carbocycles. The van der Waals surface area contributed by atoms with Crippen LogP contribution in [-0.2, 0) is 0 Å². The third-order valence-corrected chi connectivity index (χ3v) is 3.01. The predicted molar refractivity (Wildman–Crippen MR) is 82.0 cm³/mol. The van der Waals surface area contributed by atoms with Gasteiger partial charge in [0.2, 0.25) is 0 Å². The van der Waals surface area contributed by atoms with Crippen molar-refractivity contribution in [3.05, 3.63) is 59.2 Å². The number of urea groups is 1. The van der Waals surface area contributed by atoms with Crippen LogP contribution in [0, 0.1) is 13.8 Å². The average molecular weight is 284 g/mol. The van der Waals surface area contributed by atoms with Crippen molar-refractivity contribution in [2.45, 2.75) is 13.8 Å². The lowest BCUT2D eigenvalue weighted by atomic mass is 10.1. The first-order chi connectivity index (χ1) is 9.95. The van der Waals surface area contributed by atoms with Crippen LogP contribution in [0.5, 0.6) is 0 Å². The highest BCUT2D eigenvalue weighted by atomic mass is 16.4. The summed E-state index contributed by atoms with van der Waals surface area (Å²) in [4.78, 5) is 22.8. The number of anilines is 2. The van der Waals surface area contributed by atoms with Crippen LogP contribution in [-0.4, -0.2) is 17.1 Å². The van der Waals surface area contributed by atoms with Gasteiger partial charge in [0, 0.05) is 11.4 Å². The molecule has 0 aliphatic rings. The lowest BCUT2D eigenvalue weighted by molar-refractivity contribution is 0.0697. The summed E-state index contributed by atoms with van der Waals surface area (Å²) in [6.45, 7) is 3.85. The quantitative estimate of drug-likeness (QED) is 0.805. The molecular formula is C16H16N2O3. The first kappa shape index (κ1) is 14.6. The number of nitrogens with one attached hydrogen (secondary N) is 2. The van der Waals surface area contributed by atoms with Crippen LogP contribution in [0.25, 0.3) is 0 Å². The second-order valence-corrected chi connectivity index (χ2v) is 4.78. The summed E-state index contributed by atoms with van der Waals surface area (Å²) in [5.74, 6) is -1.03. The molecule has 2 aromatic carbocycles. The Morgan fingerprint density at radius 3 is 2.48 bits per heavy atom. The smallest absolute Gasteiger partial charge is 0.335 e. The summed E-state index contributed by atoms with van der Waals surface area (Å²) < 4.78 is 0. The molecule has 0 unspecified atom stereocenters. The number of carboxylic acids is 1. The van der Waals surface area contributed by atoms with E-state index in [-0.39, 0.29) is 5.56 Å². The van der Waals surface area contributed by atoms with E-state index in [1.807, 2.05) is 32.0 Å². The number of carbonyl (C=O) groups excluding carboxylic acids is 1. The van der Waals surface area contributed by atoms with Gasteiger partial charge >= 0.3 is 12.0 Å². The fourth-order valence-electron chi connectivity index (χ4n) is 1.89. The minimum atomic E-state index is -1.03. The van der Waals surface area contributed by atoms with Crippen LogP contribution in [0.1, 0.15) is 21.5 Å². The maximum Gasteiger partial charge on any atom is 0.335 e. The molecule has 0 spiro atoms. The van der Waals surface area contributed by atoms with Crippen molar-refractivity contribution < 1.29 is 14.7 Å². The molecule has 0 bridgehead atoms. The molecule has 2 rings (SSSR count). The van der Waals surface area contributed by atoms with Crippen LogP contribution >= 0.6 is 0 Å². The summed E-state index contributed by atoms with van der Waals surface area (Å²) in [7, 11) is 0. The van der Waals surface area contributed by atoms with Gasteiger partial charge in [-0.3, -0.25) is 0 Å². The molecule has 0 saturated carbocycles. The van der Waals surface area contributed by atoms with E-state index in [1.54, 1.807) is 12.1 Å². The molecule has 0 heterocycles. The number of carbonyl (C=O) groups is 2. The van der Waals surface area contributed by atoms with Gasteiger partial charge < -0.3 is 15.7 Å². The minimum absolute atomic E-state index is 0.125. The van der Waals surface area contributed by atoms with Gasteiger partial charge in [-0.2, -0.15) is 0 Å². The molecule has 108 valence electrons. The van der Waals surface area contributed by atoms with Crippen molar-refractivity contribution in [3.63, 3.8) is 0 Å². The number of hydrogen-bond acceptors (Lipinski definition) is 2. The molecule has 5 heteroatoms. The minimum Gasteiger partial charge on any atom is -0.478 e. The van der Waals surface area contributed by atoms with Crippen molar-refractivity contribution in [2.24, 2.45) is 0 Å². The zero-order valence-electron chi connectivity index (χ0n) is 11.8. The fourth-order valence-corrected chi connectivity index (χ4v) is 1.89. The van der Waals surface area contributed by atoms with Crippen molar-refractivity contribution >= 4 is 23.4 Å². The lowest BCUT2D eigenvalue weighted by Gasteiger charge is -2.11. The number of benzene rings is 2. The van der Waals surface area contributed by atoms with Gasteiger partial charge in [0.15, 0.2) is 0 Å². The highest BCUT2D eigenvalue weighted by Gasteiger charge is 2.07. The molecule has 21 heavy (non-hydrogen) atoms. The van der Waals surface area contributed by atoms with Crippen LogP contribution in [0.4, 0.5) is 16.2 Å². The Labute approximate surface area is 122 Å². The Morgan fingerprint density at radius 2 is 1.76 bits per heavy atom. The molecule has 0 aliphatic heterocycles. The topological polar surface area (TPSA) is 78.4 Å². The largest absolute Gasteiger partial charge is 0.478 e. The molecule has 0 radical (unpaired) electrons. The van der Waals surface area contributed by atoms with Gasteiger partial charge in [0.05, 0.1) is 5.56 Å². The Balaban J connectivity index is 2.10. The van der Waals surface area contributed by atoms with E-state index in [9.17, 15) is 9.59 Å². The Kier molecular flexibility index (Phi) is 4.23. The summed E-state index contributed by atoms with van der Waals surface area (Å²) in [5.41, 5.74) is 3.28. The SMILES string of the molecule is Cc1ccc(C)c(NC(=O)Nc2cccc(C(=O)O)c2)c1. The van der Waals surface area contributed by atoms with E-state index in [4.69, 9.17) is 5.11 Å². The lowest BCUT2D eigenvalue weighted by Crippen LogP contribution is -2.20. The maximum absolute atomic E-state index is 12.0. The molecule has 5 nitrogen and oxygen atoms in total. The Morgan fingerprint density at radius 1 is 1.00 bits per heavy atom. The second kappa shape index (κ2) is 6.09. The van der Waals surface area contributed by atoms with Crippen LogP contribution in [0.2, 0.25) is 0 Å². The van der Waals surface area contributed by atoms with Crippen molar-refractivity contribution in [1.29, 1.82) is 0 Å². The molecule has 2 amide bonds. The number of aryl methyl sites for hydroxylation is 2. The van der Waals surface area contributed by atoms with E-state index in [1.165, 1.54) is 12.1 Å². The first-order valence-electron chi connectivity index (χ1n) is 6.44. The van der Waals surface area contributed by atoms with Gasteiger partial charge in [-0.1, -0.05) is 18.2 Å². The summed E-state index contributed by atoms with van der Waals surface area (Å²) >= 11 is 0. The molecule has 2 aromatic rings. The third-order valence-electron chi connectivity index (χ3n) is 3.01. The van der Waals surface area contributed by atoms with E-state index in [0.717, 1.165) is 16.8 Å². The number of hydrogen-bond donors (Lipinski definition) is 3. The highest BCUT2D eigenvalue weighted by molar-refractivity contribution is 6.01. The molecule has 3 N–H and O–H groups in total. The van der Waals surface area contributed by atoms with Gasteiger partial charge in [0.1, 0.15) is 0 Å².